The summed E-state index contributed by atoms with van der Waals surface area (Å²) in [5, 5.41) is 11.4. The van der Waals surface area contributed by atoms with Crippen molar-refractivity contribution in [2.45, 2.75) is 13.5 Å². The van der Waals surface area contributed by atoms with E-state index in [1.165, 1.54) is 11.3 Å². The van der Waals surface area contributed by atoms with Gasteiger partial charge in [-0.3, -0.25) is 9.59 Å². The number of nitrogens with one attached hydrogen (secondary N) is 1. The van der Waals surface area contributed by atoms with E-state index in [4.69, 9.17) is 0 Å². The molecule has 8 heteroatoms. The molecular weight excluding hydrogens is 338 g/mol. The first-order valence-electron chi connectivity index (χ1n) is 7.60. The lowest BCUT2D eigenvalue weighted by molar-refractivity contribution is -0.117. The first-order valence-corrected chi connectivity index (χ1v) is 8.41. The molecule has 25 heavy (non-hydrogen) atoms. The van der Waals surface area contributed by atoms with Gasteiger partial charge in [-0.1, -0.05) is 34.7 Å². The SMILES string of the molecule is Cc1ccc2nc(NC(=O)Cn3nnc4ccccc4c3=O)sc2c1. The fourth-order valence-corrected chi connectivity index (χ4v) is 3.49. The number of amides is 1. The van der Waals surface area contributed by atoms with E-state index in [-0.39, 0.29) is 18.0 Å². The van der Waals surface area contributed by atoms with Crippen molar-refractivity contribution in [1.29, 1.82) is 0 Å². The number of nitrogens with zero attached hydrogens (tertiary/aromatic N) is 4. The monoisotopic (exact) mass is 351 g/mol. The largest absolute Gasteiger partial charge is 0.300 e. The zero-order valence-electron chi connectivity index (χ0n) is 13.3. The smallest absolute Gasteiger partial charge is 0.278 e. The van der Waals surface area contributed by atoms with Crippen LogP contribution >= 0.6 is 11.3 Å². The van der Waals surface area contributed by atoms with Gasteiger partial charge in [0.05, 0.1) is 15.6 Å². The van der Waals surface area contributed by atoms with Crippen LogP contribution in [0.25, 0.3) is 21.1 Å². The molecule has 0 fully saturated rings. The van der Waals surface area contributed by atoms with E-state index in [9.17, 15) is 9.59 Å². The van der Waals surface area contributed by atoms with E-state index in [0.29, 0.717) is 16.0 Å². The predicted octanol–water partition coefficient (Wildman–Crippen LogP) is 2.35. The molecule has 0 aliphatic rings. The van der Waals surface area contributed by atoms with Gasteiger partial charge < -0.3 is 5.32 Å². The molecule has 0 aliphatic heterocycles. The lowest BCUT2D eigenvalue weighted by Crippen LogP contribution is -2.30. The van der Waals surface area contributed by atoms with Crippen molar-refractivity contribution in [2.24, 2.45) is 0 Å². The molecule has 2 aromatic heterocycles. The van der Waals surface area contributed by atoms with E-state index in [2.05, 4.69) is 20.6 Å². The van der Waals surface area contributed by atoms with E-state index in [1.807, 2.05) is 25.1 Å². The molecule has 0 aliphatic carbocycles. The molecule has 0 unspecified atom stereocenters. The lowest BCUT2D eigenvalue weighted by Gasteiger charge is -2.04. The van der Waals surface area contributed by atoms with Gasteiger partial charge in [0.25, 0.3) is 5.56 Å². The van der Waals surface area contributed by atoms with Crippen LogP contribution in [0.2, 0.25) is 0 Å². The number of benzene rings is 2. The van der Waals surface area contributed by atoms with Crippen LogP contribution in [0.4, 0.5) is 5.13 Å². The first kappa shape index (κ1) is 15.4. The van der Waals surface area contributed by atoms with Crippen LogP contribution in [0, 0.1) is 6.92 Å². The summed E-state index contributed by atoms with van der Waals surface area (Å²) in [5.74, 6) is -0.373. The first-order chi connectivity index (χ1) is 12.1. The molecule has 2 aromatic carbocycles. The topological polar surface area (TPSA) is 89.8 Å². The molecule has 0 saturated heterocycles. The van der Waals surface area contributed by atoms with Gasteiger partial charge in [0.2, 0.25) is 5.91 Å². The third kappa shape index (κ3) is 2.99. The maximum atomic E-state index is 12.4. The Morgan fingerprint density at radius 1 is 1.20 bits per heavy atom. The van der Waals surface area contributed by atoms with Crippen molar-refractivity contribution in [2.75, 3.05) is 5.32 Å². The summed E-state index contributed by atoms with van der Waals surface area (Å²) in [6.45, 7) is 1.79. The fraction of sp³-hybridized carbons (Fsp3) is 0.118. The van der Waals surface area contributed by atoms with Crippen molar-refractivity contribution in [1.82, 2.24) is 20.0 Å². The fourth-order valence-electron chi connectivity index (χ4n) is 2.51. The van der Waals surface area contributed by atoms with Gasteiger partial charge in [-0.2, -0.15) is 0 Å². The van der Waals surface area contributed by atoms with Gasteiger partial charge in [-0.15, -0.1) is 5.10 Å². The summed E-state index contributed by atoms with van der Waals surface area (Å²) in [6, 6.07) is 12.8. The normalized spacial score (nSPS) is 11.1. The second kappa shape index (κ2) is 6.06. The highest BCUT2D eigenvalue weighted by Crippen LogP contribution is 2.26. The van der Waals surface area contributed by atoms with Gasteiger partial charge >= 0.3 is 0 Å². The molecule has 0 atom stereocenters. The quantitative estimate of drug-likeness (QED) is 0.612. The Labute approximate surface area is 145 Å². The van der Waals surface area contributed by atoms with Crippen molar-refractivity contribution < 1.29 is 4.79 Å². The number of carbonyl (C=O) groups is 1. The van der Waals surface area contributed by atoms with Gasteiger partial charge in [-0.05, 0) is 36.8 Å². The zero-order chi connectivity index (χ0) is 17.4. The molecule has 1 N–H and O–H groups in total. The lowest BCUT2D eigenvalue weighted by atomic mass is 10.2. The number of rotatable bonds is 3. The number of anilines is 1. The second-order valence-electron chi connectivity index (χ2n) is 5.61. The minimum absolute atomic E-state index is 0.217. The number of hydrogen-bond acceptors (Lipinski definition) is 6. The summed E-state index contributed by atoms with van der Waals surface area (Å²) in [6.07, 6.45) is 0. The van der Waals surface area contributed by atoms with E-state index in [1.54, 1.807) is 24.3 Å². The molecule has 4 rings (SSSR count). The minimum atomic E-state index is -0.373. The number of fused-ring (bicyclic) bond motifs is 2. The second-order valence-corrected chi connectivity index (χ2v) is 6.64. The predicted molar refractivity (Wildman–Crippen MR) is 96.8 cm³/mol. The molecule has 0 spiro atoms. The Bertz CT molecular complexity index is 1160. The van der Waals surface area contributed by atoms with Crippen LogP contribution in [-0.4, -0.2) is 25.9 Å². The summed E-state index contributed by atoms with van der Waals surface area (Å²) in [4.78, 5) is 29.0. The van der Waals surface area contributed by atoms with Gasteiger partial charge in [0.15, 0.2) is 5.13 Å². The Balaban J connectivity index is 1.57. The molecular formula is C17H13N5O2S. The van der Waals surface area contributed by atoms with Crippen LogP contribution in [0.1, 0.15) is 5.56 Å². The van der Waals surface area contributed by atoms with Crippen molar-refractivity contribution >= 4 is 43.5 Å². The van der Waals surface area contributed by atoms with Crippen LogP contribution in [0.5, 0.6) is 0 Å². The van der Waals surface area contributed by atoms with Crippen molar-refractivity contribution in [3.05, 3.63) is 58.4 Å². The number of aromatic nitrogens is 4. The summed E-state index contributed by atoms with van der Waals surface area (Å²) >= 11 is 1.39. The summed E-state index contributed by atoms with van der Waals surface area (Å²) < 4.78 is 2.05. The Hall–Kier alpha value is -3.13. The van der Waals surface area contributed by atoms with E-state index < -0.39 is 0 Å². The van der Waals surface area contributed by atoms with Gasteiger partial charge in [0.1, 0.15) is 12.1 Å². The third-order valence-corrected chi connectivity index (χ3v) is 4.65. The highest BCUT2D eigenvalue weighted by molar-refractivity contribution is 7.22. The Morgan fingerprint density at radius 3 is 2.92 bits per heavy atom. The molecule has 7 nitrogen and oxygen atoms in total. The van der Waals surface area contributed by atoms with E-state index >= 15 is 0 Å². The van der Waals surface area contributed by atoms with Crippen LogP contribution < -0.4 is 10.9 Å². The standard InChI is InChI=1S/C17H13N5O2S/c1-10-6-7-13-14(8-10)25-17(18-13)19-15(23)9-22-16(24)11-4-2-3-5-12(11)20-21-22/h2-8H,9H2,1H3,(H,18,19,23). The van der Waals surface area contributed by atoms with Crippen molar-refractivity contribution in [3.8, 4) is 0 Å². The molecule has 0 bridgehead atoms. The van der Waals surface area contributed by atoms with Gasteiger partial charge in [0, 0.05) is 0 Å². The molecule has 0 saturated carbocycles. The number of hydrogen-bond donors (Lipinski definition) is 1. The highest BCUT2D eigenvalue weighted by Gasteiger charge is 2.12. The van der Waals surface area contributed by atoms with Gasteiger partial charge in [-0.25, -0.2) is 9.67 Å². The number of aryl methyl sites for hydroxylation is 1. The van der Waals surface area contributed by atoms with Crippen molar-refractivity contribution in [3.63, 3.8) is 0 Å². The van der Waals surface area contributed by atoms with Crippen LogP contribution in [-0.2, 0) is 11.3 Å². The molecule has 124 valence electrons. The average Bonchev–Trinajstić information content (AvgIpc) is 2.98. The van der Waals surface area contributed by atoms with E-state index in [0.717, 1.165) is 20.5 Å². The maximum absolute atomic E-state index is 12.4. The minimum Gasteiger partial charge on any atom is -0.300 e. The summed E-state index contributed by atoms with van der Waals surface area (Å²) in [5.41, 5.74) is 2.12. The van der Waals surface area contributed by atoms with Crippen LogP contribution in [0.3, 0.4) is 0 Å². The Kier molecular flexibility index (Phi) is 3.73. The molecule has 0 radical (unpaired) electrons. The zero-order valence-corrected chi connectivity index (χ0v) is 14.1. The highest BCUT2D eigenvalue weighted by atomic mass is 32.1. The maximum Gasteiger partial charge on any atom is 0.278 e. The Morgan fingerprint density at radius 2 is 2.04 bits per heavy atom. The summed E-state index contributed by atoms with van der Waals surface area (Å²) in [7, 11) is 0. The number of thiazole rings is 1. The van der Waals surface area contributed by atoms with Crippen LogP contribution in [0.15, 0.2) is 47.3 Å². The third-order valence-electron chi connectivity index (χ3n) is 3.71. The number of carbonyl (C=O) groups excluding carboxylic acids is 1. The molecule has 2 heterocycles. The molecule has 4 aromatic rings. The average molecular weight is 351 g/mol. The molecule has 1 amide bonds.